The minimum Gasteiger partial charge on any atom is -0.382 e. The van der Waals surface area contributed by atoms with E-state index in [1.165, 1.54) is 0 Å². The van der Waals surface area contributed by atoms with Crippen molar-refractivity contribution in [3.63, 3.8) is 0 Å². The summed E-state index contributed by atoms with van der Waals surface area (Å²) >= 11 is 3.46. The number of rotatable bonds is 1. The summed E-state index contributed by atoms with van der Waals surface area (Å²) in [6, 6.07) is 0. The quantitative estimate of drug-likeness (QED) is 0.864. The summed E-state index contributed by atoms with van der Waals surface area (Å²) in [6.07, 6.45) is 3.64. The molecule has 1 aliphatic heterocycles. The summed E-state index contributed by atoms with van der Waals surface area (Å²) in [6.45, 7) is 1.73. The molecular formula is C11H11BrN4O. The van der Waals surface area contributed by atoms with Crippen molar-refractivity contribution in [1.29, 1.82) is 0 Å². The second-order valence-corrected chi connectivity index (χ2v) is 5.43. The highest BCUT2D eigenvalue weighted by atomic mass is 79.9. The van der Waals surface area contributed by atoms with Gasteiger partial charge in [0.15, 0.2) is 5.82 Å². The Morgan fingerprint density at radius 1 is 1.41 bits per heavy atom. The maximum atomic E-state index is 5.88. The van der Waals surface area contributed by atoms with Gasteiger partial charge in [0.1, 0.15) is 15.9 Å². The zero-order valence-electron chi connectivity index (χ0n) is 9.01. The van der Waals surface area contributed by atoms with Crippen molar-refractivity contribution in [2.75, 3.05) is 18.9 Å². The molecule has 5 nitrogen and oxygen atoms in total. The third-order valence-corrected chi connectivity index (χ3v) is 4.37. The highest BCUT2D eigenvalue weighted by Crippen LogP contribution is 2.57. The number of nitrogens with zero attached hydrogens (tertiary/aromatic N) is 3. The summed E-state index contributed by atoms with van der Waals surface area (Å²) in [5, 5.41) is 0. The van der Waals surface area contributed by atoms with Crippen LogP contribution in [0.15, 0.2) is 17.0 Å². The number of nitrogens with two attached hydrogens (primary N) is 1. The number of imidazole rings is 1. The van der Waals surface area contributed by atoms with Crippen LogP contribution in [0.4, 0.5) is 5.82 Å². The molecule has 3 atom stereocenters. The van der Waals surface area contributed by atoms with Crippen molar-refractivity contribution < 1.29 is 4.74 Å². The van der Waals surface area contributed by atoms with Crippen molar-refractivity contribution in [2.45, 2.75) is 5.92 Å². The van der Waals surface area contributed by atoms with Crippen LogP contribution in [0, 0.1) is 11.8 Å². The van der Waals surface area contributed by atoms with E-state index in [-0.39, 0.29) is 0 Å². The lowest BCUT2D eigenvalue weighted by atomic mass is 10.3. The van der Waals surface area contributed by atoms with Crippen molar-refractivity contribution in [3.05, 3.63) is 22.8 Å². The Labute approximate surface area is 106 Å². The molecule has 1 aliphatic carbocycles. The molecule has 88 valence electrons. The predicted octanol–water partition coefficient (Wildman–Crippen LogP) is 1.43. The van der Waals surface area contributed by atoms with Gasteiger partial charge in [0.25, 0.3) is 0 Å². The molecule has 0 spiro atoms. The van der Waals surface area contributed by atoms with Gasteiger partial charge in [-0.2, -0.15) is 0 Å². The molecule has 0 amide bonds. The highest BCUT2D eigenvalue weighted by molar-refractivity contribution is 9.10. The summed E-state index contributed by atoms with van der Waals surface area (Å²) in [5.74, 6) is 3.40. The van der Waals surface area contributed by atoms with Crippen LogP contribution in [-0.2, 0) is 4.74 Å². The van der Waals surface area contributed by atoms with E-state index in [2.05, 4.69) is 30.3 Å². The molecule has 17 heavy (non-hydrogen) atoms. The van der Waals surface area contributed by atoms with Gasteiger partial charge in [0.2, 0.25) is 0 Å². The van der Waals surface area contributed by atoms with Gasteiger partial charge in [0, 0.05) is 18.3 Å². The number of fused-ring (bicyclic) bond motifs is 2. The van der Waals surface area contributed by atoms with Gasteiger partial charge in [-0.25, -0.2) is 9.97 Å². The van der Waals surface area contributed by atoms with Crippen LogP contribution >= 0.6 is 15.9 Å². The maximum Gasteiger partial charge on any atom is 0.150 e. The van der Waals surface area contributed by atoms with Gasteiger partial charge >= 0.3 is 0 Å². The van der Waals surface area contributed by atoms with E-state index in [1.54, 1.807) is 6.20 Å². The van der Waals surface area contributed by atoms with E-state index in [9.17, 15) is 0 Å². The Morgan fingerprint density at radius 3 is 2.94 bits per heavy atom. The minimum absolute atomic E-state index is 0.514. The molecule has 1 unspecified atom stereocenters. The Kier molecular flexibility index (Phi) is 1.85. The van der Waals surface area contributed by atoms with Gasteiger partial charge < -0.3 is 10.5 Å². The first-order chi connectivity index (χ1) is 8.27. The molecule has 4 rings (SSSR count). The van der Waals surface area contributed by atoms with Crippen LogP contribution in [-0.4, -0.2) is 27.6 Å². The number of anilines is 1. The summed E-state index contributed by atoms with van der Waals surface area (Å²) in [4.78, 5) is 8.69. The molecule has 2 aliphatic rings. The number of hydrogen-bond acceptors (Lipinski definition) is 4. The summed E-state index contributed by atoms with van der Waals surface area (Å²) in [5.41, 5.74) is 6.75. The molecule has 2 fully saturated rings. The molecule has 2 aromatic rings. The number of aromatic nitrogens is 3. The number of halogens is 1. The molecular weight excluding hydrogens is 284 g/mol. The van der Waals surface area contributed by atoms with Crippen LogP contribution in [0.3, 0.4) is 0 Å². The largest absolute Gasteiger partial charge is 0.382 e. The molecule has 0 bridgehead atoms. The van der Waals surface area contributed by atoms with Crippen LogP contribution < -0.4 is 5.73 Å². The Morgan fingerprint density at radius 2 is 2.18 bits per heavy atom. The summed E-state index contributed by atoms with van der Waals surface area (Å²) in [7, 11) is 0. The van der Waals surface area contributed by atoms with E-state index in [4.69, 9.17) is 10.5 Å². The van der Waals surface area contributed by atoms with E-state index in [1.807, 2.05) is 6.20 Å². The standard InChI is InChI=1S/C11H11BrN4O/c12-9-8-10(13)14-1-2-16(8)11(15-9)7-5-3-17-4-6(5)7/h1-2,5-7H,3-4H2,(H2,13,14)/t5-,6+,7?. The number of nitrogen functional groups attached to an aromatic ring is 1. The smallest absolute Gasteiger partial charge is 0.150 e. The predicted molar refractivity (Wildman–Crippen MR) is 65.6 cm³/mol. The van der Waals surface area contributed by atoms with Crippen LogP contribution in [0.1, 0.15) is 11.7 Å². The van der Waals surface area contributed by atoms with Crippen molar-refractivity contribution in [2.24, 2.45) is 11.8 Å². The molecule has 3 heterocycles. The molecule has 0 radical (unpaired) electrons. The number of hydrogen-bond donors (Lipinski definition) is 1. The van der Waals surface area contributed by atoms with Crippen LogP contribution in [0.25, 0.3) is 5.52 Å². The van der Waals surface area contributed by atoms with Gasteiger partial charge in [-0.3, -0.25) is 4.40 Å². The zero-order chi connectivity index (χ0) is 11.6. The van der Waals surface area contributed by atoms with E-state index in [0.717, 1.165) is 29.2 Å². The monoisotopic (exact) mass is 294 g/mol. The first kappa shape index (κ1) is 9.85. The maximum absolute atomic E-state index is 5.88. The first-order valence-electron chi connectivity index (χ1n) is 5.63. The first-order valence-corrected chi connectivity index (χ1v) is 6.42. The molecule has 2 aromatic heterocycles. The lowest BCUT2D eigenvalue weighted by molar-refractivity contribution is 0.159. The third kappa shape index (κ3) is 1.22. The van der Waals surface area contributed by atoms with Gasteiger partial charge in [-0.15, -0.1) is 0 Å². The molecule has 1 saturated heterocycles. The highest BCUT2D eigenvalue weighted by Gasteiger charge is 2.56. The van der Waals surface area contributed by atoms with E-state index in [0.29, 0.717) is 23.6 Å². The second kappa shape index (κ2) is 3.20. The molecule has 2 N–H and O–H groups in total. The van der Waals surface area contributed by atoms with Crippen LogP contribution in [0.5, 0.6) is 0 Å². The second-order valence-electron chi connectivity index (χ2n) is 4.68. The lowest BCUT2D eigenvalue weighted by Gasteiger charge is -2.04. The summed E-state index contributed by atoms with van der Waals surface area (Å²) < 4.78 is 8.25. The fraction of sp³-hybridized carbons (Fsp3) is 0.455. The van der Waals surface area contributed by atoms with Crippen LogP contribution in [0.2, 0.25) is 0 Å². The third-order valence-electron chi connectivity index (χ3n) is 3.82. The Balaban J connectivity index is 1.89. The normalized spacial score (nSPS) is 30.8. The number of ether oxygens (including phenoxy) is 1. The Hall–Kier alpha value is -1.14. The van der Waals surface area contributed by atoms with E-state index >= 15 is 0 Å². The van der Waals surface area contributed by atoms with Crippen molar-refractivity contribution in [1.82, 2.24) is 14.4 Å². The van der Waals surface area contributed by atoms with Crippen molar-refractivity contribution >= 4 is 27.3 Å². The average molecular weight is 295 g/mol. The van der Waals surface area contributed by atoms with Gasteiger partial charge in [0.05, 0.1) is 13.2 Å². The molecule has 1 saturated carbocycles. The van der Waals surface area contributed by atoms with E-state index < -0.39 is 0 Å². The fourth-order valence-corrected chi connectivity index (χ4v) is 3.48. The topological polar surface area (TPSA) is 65.4 Å². The van der Waals surface area contributed by atoms with Gasteiger partial charge in [-0.05, 0) is 27.8 Å². The molecule has 6 heteroatoms. The molecule has 0 aromatic carbocycles. The Bertz CT molecular complexity index is 601. The minimum atomic E-state index is 0.514. The SMILES string of the molecule is Nc1nccn2c(C3[C@H]4COC[C@@H]34)nc(Br)c12. The average Bonchev–Trinajstić information content (AvgIpc) is 2.71. The fourth-order valence-electron chi connectivity index (χ4n) is 2.90. The zero-order valence-corrected chi connectivity index (χ0v) is 10.6. The van der Waals surface area contributed by atoms with Crippen molar-refractivity contribution in [3.8, 4) is 0 Å². The lowest BCUT2D eigenvalue weighted by Crippen LogP contribution is -2.02. The van der Waals surface area contributed by atoms with Gasteiger partial charge in [-0.1, -0.05) is 0 Å².